The van der Waals surface area contributed by atoms with E-state index in [1.807, 2.05) is 12.1 Å². The summed E-state index contributed by atoms with van der Waals surface area (Å²) in [5.41, 5.74) is 0.698. The van der Waals surface area contributed by atoms with Gasteiger partial charge in [0.25, 0.3) is 0 Å². The smallest absolute Gasteiger partial charge is 0.150 e. The van der Waals surface area contributed by atoms with Crippen molar-refractivity contribution in [2.45, 2.75) is 23.5 Å². The molecule has 0 bridgehead atoms. The van der Waals surface area contributed by atoms with Gasteiger partial charge < -0.3 is 5.11 Å². The standard InChI is InChI=1S/C11H14O2S/c1-9(6-7-12)14-11-4-2-10(8-13)3-5-11/h2-5,8-9,12H,6-7H2,1H3. The third kappa shape index (κ3) is 3.52. The highest BCUT2D eigenvalue weighted by molar-refractivity contribution is 7.99. The molecule has 0 amide bonds. The van der Waals surface area contributed by atoms with E-state index in [9.17, 15) is 4.79 Å². The lowest BCUT2D eigenvalue weighted by atomic mass is 10.2. The second-order valence-corrected chi connectivity index (χ2v) is 4.64. The first-order valence-electron chi connectivity index (χ1n) is 4.59. The van der Waals surface area contributed by atoms with Crippen LogP contribution in [0.2, 0.25) is 0 Å². The molecule has 0 aliphatic heterocycles. The Balaban J connectivity index is 2.55. The zero-order valence-corrected chi connectivity index (χ0v) is 8.96. The first-order chi connectivity index (χ1) is 6.76. The van der Waals surface area contributed by atoms with E-state index in [2.05, 4.69) is 6.92 Å². The number of hydrogen-bond acceptors (Lipinski definition) is 3. The normalized spacial score (nSPS) is 12.4. The summed E-state index contributed by atoms with van der Waals surface area (Å²) in [5, 5.41) is 9.14. The van der Waals surface area contributed by atoms with Crippen LogP contribution in [0.1, 0.15) is 23.7 Å². The van der Waals surface area contributed by atoms with E-state index in [0.717, 1.165) is 17.6 Å². The van der Waals surface area contributed by atoms with Gasteiger partial charge >= 0.3 is 0 Å². The van der Waals surface area contributed by atoms with Crippen LogP contribution in [0.3, 0.4) is 0 Å². The van der Waals surface area contributed by atoms with Crippen molar-refractivity contribution in [1.82, 2.24) is 0 Å². The summed E-state index contributed by atoms with van der Waals surface area (Å²) >= 11 is 1.71. The predicted molar refractivity (Wildman–Crippen MR) is 58.9 cm³/mol. The maximum atomic E-state index is 10.4. The first kappa shape index (κ1) is 11.3. The monoisotopic (exact) mass is 210 g/mol. The minimum atomic E-state index is 0.223. The minimum absolute atomic E-state index is 0.223. The summed E-state index contributed by atoms with van der Waals surface area (Å²) < 4.78 is 0. The third-order valence-corrected chi connectivity index (χ3v) is 3.07. The summed E-state index contributed by atoms with van der Waals surface area (Å²) in [5.74, 6) is 0. The molecule has 0 heterocycles. The number of aldehydes is 1. The second-order valence-electron chi connectivity index (χ2n) is 3.13. The van der Waals surface area contributed by atoms with Gasteiger partial charge in [0.15, 0.2) is 0 Å². The Labute approximate surface area is 88.3 Å². The van der Waals surface area contributed by atoms with Gasteiger partial charge in [-0.15, -0.1) is 11.8 Å². The molecular weight excluding hydrogens is 196 g/mol. The fraction of sp³-hybridized carbons (Fsp3) is 0.364. The molecule has 0 aromatic heterocycles. The van der Waals surface area contributed by atoms with Crippen LogP contribution in [0.25, 0.3) is 0 Å². The van der Waals surface area contributed by atoms with Gasteiger partial charge in [0.1, 0.15) is 6.29 Å². The van der Waals surface area contributed by atoms with Gasteiger partial charge in [-0.2, -0.15) is 0 Å². The average Bonchev–Trinajstić information content (AvgIpc) is 2.19. The Bertz CT molecular complexity index is 282. The number of aliphatic hydroxyl groups is 1. The van der Waals surface area contributed by atoms with Crippen molar-refractivity contribution in [3.63, 3.8) is 0 Å². The number of thioether (sulfide) groups is 1. The minimum Gasteiger partial charge on any atom is -0.396 e. The average molecular weight is 210 g/mol. The number of carbonyl (C=O) groups excluding carboxylic acids is 1. The van der Waals surface area contributed by atoms with E-state index in [-0.39, 0.29) is 6.61 Å². The summed E-state index contributed by atoms with van der Waals surface area (Å²) in [7, 11) is 0. The Morgan fingerprint density at radius 3 is 2.57 bits per heavy atom. The molecule has 0 spiro atoms. The van der Waals surface area contributed by atoms with Crippen molar-refractivity contribution in [2.24, 2.45) is 0 Å². The summed E-state index contributed by atoms with van der Waals surface area (Å²) in [6, 6.07) is 7.48. The van der Waals surface area contributed by atoms with Crippen molar-refractivity contribution in [1.29, 1.82) is 0 Å². The van der Waals surface area contributed by atoms with E-state index in [0.29, 0.717) is 10.8 Å². The topological polar surface area (TPSA) is 37.3 Å². The highest BCUT2D eigenvalue weighted by Crippen LogP contribution is 2.24. The van der Waals surface area contributed by atoms with Crippen molar-refractivity contribution in [3.05, 3.63) is 29.8 Å². The Hall–Kier alpha value is -0.800. The van der Waals surface area contributed by atoms with E-state index < -0.39 is 0 Å². The lowest BCUT2D eigenvalue weighted by molar-refractivity contribution is 0.112. The zero-order chi connectivity index (χ0) is 10.4. The van der Waals surface area contributed by atoms with E-state index in [1.54, 1.807) is 23.9 Å². The molecule has 0 aliphatic rings. The molecule has 0 fully saturated rings. The Morgan fingerprint density at radius 2 is 2.07 bits per heavy atom. The number of aliphatic hydroxyl groups excluding tert-OH is 1. The van der Waals surface area contributed by atoms with Gasteiger partial charge in [0.2, 0.25) is 0 Å². The van der Waals surface area contributed by atoms with Gasteiger partial charge in [-0.25, -0.2) is 0 Å². The predicted octanol–water partition coefficient (Wildman–Crippen LogP) is 2.36. The molecule has 0 radical (unpaired) electrons. The van der Waals surface area contributed by atoms with E-state index >= 15 is 0 Å². The van der Waals surface area contributed by atoms with E-state index in [1.165, 1.54) is 0 Å². The molecule has 1 atom stereocenters. The lowest BCUT2D eigenvalue weighted by Crippen LogP contribution is -1.98. The fourth-order valence-electron chi connectivity index (χ4n) is 1.10. The summed E-state index contributed by atoms with van der Waals surface area (Å²) in [6.07, 6.45) is 1.63. The first-order valence-corrected chi connectivity index (χ1v) is 5.47. The van der Waals surface area contributed by atoms with Crippen LogP contribution < -0.4 is 0 Å². The molecule has 1 aromatic carbocycles. The summed E-state index contributed by atoms with van der Waals surface area (Å²) in [6.45, 7) is 2.30. The van der Waals surface area contributed by atoms with Crippen LogP contribution in [0.5, 0.6) is 0 Å². The molecule has 76 valence electrons. The number of benzene rings is 1. The van der Waals surface area contributed by atoms with E-state index in [4.69, 9.17) is 5.11 Å². The van der Waals surface area contributed by atoms with Crippen molar-refractivity contribution in [3.8, 4) is 0 Å². The largest absolute Gasteiger partial charge is 0.396 e. The van der Waals surface area contributed by atoms with Crippen LogP contribution in [-0.4, -0.2) is 23.2 Å². The van der Waals surface area contributed by atoms with Crippen LogP contribution in [0, 0.1) is 0 Å². The molecule has 0 saturated carbocycles. The molecule has 0 aliphatic carbocycles. The number of carbonyl (C=O) groups is 1. The highest BCUT2D eigenvalue weighted by atomic mass is 32.2. The number of rotatable bonds is 5. The Kier molecular flexibility index (Phi) is 4.70. The van der Waals surface area contributed by atoms with Gasteiger partial charge in [-0.05, 0) is 18.6 Å². The molecular formula is C11H14O2S. The molecule has 3 heteroatoms. The van der Waals surface area contributed by atoms with Gasteiger partial charge in [0, 0.05) is 22.3 Å². The third-order valence-electron chi connectivity index (χ3n) is 1.89. The van der Waals surface area contributed by atoms with Gasteiger partial charge in [-0.3, -0.25) is 4.79 Å². The van der Waals surface area contributed by atoms with Crippen LogP contribution >= 0.6 is 11.8 Å². The van der Waals surface area contributed by atoms with Crippen molar-refractivity contribution in [2.75, 3.05) is 6.61 Å². The van der Waals surface area contributed by atoms with Crippen LogP contribution in [0.15, 0.2) is 29.2 Å². The zero-order valence-electron chi connectivity index (χ0n) is 8.14. The highest BCUT2D eigenvalue weighted by Gasteiger charge is 2.03. The van der Waals surface area contributed by atoms with Crippen LogP contribution in [0.4, 0.5) is 0 Å². The quantitative estimate of drug-likeness (QED) is 0.599. The molecule has 1 aromatic rings. The molecule has 14 heavy (non-hydrogen) atoms. The Morgan fingerprint density at radius 1 is 1.43 bits per heavy atom. The maximum absolute atomic E-state index is 10.4. The molecule has 1 unspecified atom stereocenters. The fourth-order valence-corrected chi connectivity index (χ4v) is 2.08. The van der Waals surface area contributed by atoms with Crippen molar-refractivity contribution >= 4 is 18.0 Å². The van der Waals surface area contributed by atoms with Crippen LogP contribution in [-0.2, 0) is 0 Å². The maximum Gasteiger partial charge on any atom is 0.150 e. The number of hydrogen-bond donors (Lipinski definition) is 1. The molecule has 1 rings (SSSR count). The van der Waals surface area contributed by atoms with Crippen molar-refractivity contribution < 1.29 is 9.90 Å². The lowest BCUT2D eigenvalue weighted by Gasteiger charge is -2.08. The second kappa shape index (κ2) is 5.83. The SMILES string of the molecule is CC(CCO)Sc1ccc(C=O)cc1. The van der Waals surface area contributed by atoms with Gasteiger partial charge in [0.05, 0.1) is 0 Å². The molecule has 1 N–H and O–H groups in total. The summed E-state index contributed by atoms with van der Waals surface area (Å²) in [4.78, 5) is 11.5. The van der Waals surface area contributed by atoms with Gasteiger partial charge in [-0.1, -0.05) is 19.1 Å². The molecule has 0 saturated heterocycles. The molecule has 2 nitrogen and oxygen atoms in total.